The lowest BCUT2D eigenvalue weighted by Crippen LogP contribution is -2.13. The fraction of sp³-hybridized carbons (Fsp3) is 0.111. The number of carbonyl (C=O) groups is 2. The number of anilines is 1. The zero-order valence-corrected chi connectivity index (χ0v) is 13.1. The summed E-state index contributed by atoms with van der Waals surface area (Å²) in [6.45, 7) is 0. The molecular weight excluding hydrogens is 361 g/mol. The molecule has 0 aliphatic rings. The van der Waals surface area contributed by atoms with Crippen LogP contribution in [0.2, 0.25) is 10.3 Å². The molecule has 0 unspecified atom stereocenters. The number of nitrogens with one attached hydrogen (secondary N) is 1. The van der Waals surface area contributed by atoms with Crippen LogP contribution < -0.4 is 5.32 Å². The van der Waals surface area contributed by atoms with E-state index in [4.69, 9.17) is 28.3 Å². The molecule has 0 saturated carbocycles. The van der Waals surface area contributed by atoms with Gasteiger partial charge in [0.1, 0.15) is 0 Å². The van der Waals surface area contributed by atoms with E-state index in [2.05, 4.69) is 25.7 Å². The first-order valence-electron chi connectivity index (χ1n) is 5.14. The fourth-order valence-corrected chi connectivity index (χ4v) is 2.91. The molecule has 2 N–H and O–H groups in total. The van der Waals surface area contributed by atoms with Gasteiger partial charge >= 0.3 is 5.97 Å². The average Bonchev–Trinajstić information content (AvgIpc) is 2.86. The van der Waals surface area contributed by atoms with Crippen LogP contribution in [0.1, 0.15) is 10.4 Å². The number of amides is 1. The van der Waals surface area contributed by atoms with E-state index in [1.165, 1.54) is 6.07 Å². The molecule has 1 amide bonds. The topological polar surface area (TPSA) is 118 Å². The SMILES string of the molecule is O=C(O)CSc1nnc(NC(=O)c2cc(Cl)nnc2Cl)s1. The predicted molar refractivity (Wildman–Crippen MR) is 78.3 cm³/mol. The Hall–Kier alpha value is -1.49. The van der Waals surface area contributed by atoms with Gasteiger partial charge in [-0.15, -0.1) is 20.4 Å². The maximum atomic E-state index is 12.0. The minimum atomic E-state index is -0.968. The highest BCUT2D eigenvalue weighted by molar-refractivity contribution is 8.01. The first-order valence-corrected chi connectivity index (χ1v) is 7.69. The quantitative estimate of drug-likeness (QED) is 0.610. The summed E-state index contributed by atoms with van der Waals surface area (Å²) >= 11 is 13.4. The van der Waals surface area contributed by atoms with E-state index < -0.39 is 11.9 Å². The van der Waals surface area contributed by atoms with Crippen LogP contribution in [0.4, 0.5) is 5.13 Å². The highest BCUT2D eigenvalue weighted by atomic mass is 35.5. The number of aliphatic carboxylic acids is 1. The normalized spacial score (nSPS) is 10.4. The van der Waals surface area contributed by atoms with E-state index in [0.29, 0.717) is 4.34 Å². The molecule has 0 aromatic carbocycles. The van der Waals surface area contributed by atoms with Gasteiger partial charge in [-0.1, -0.05) is 46.3 Å². The van der Waals surface area contributed by atoms with Gasteiger partial charge in [-0.05, 0) is 6.07 Å². The fourth-order valence-electron chi connectivity index (χ4n) is 1.12. The van der Waals surface area contributed by atoms with Crippen molar-refractivity contribution in [2.45, 2.75) is 4.34 Å². The average molecular weight is 366 g/mol. The maximum Gasteiger partial charge on any atom is 0.313 e. The predicted octanol–water partition coefficient (Wildman–Crippen LogP) is 2.06. The summed E-state index contributed by atoms with van der Waals surface area (Å²) in [5, 5.41) is 25.6. The van der Waals surface area contributed by atoms with Crippen molar-refractivity contribution in [3.63, 3.8) is 0 Å². The zero-order chi connectivity index (χ0) is 15.4. The van der Waals surface area contributed by atoms with Crippen LogP contribution in [0.15, 0.2) is 10.4 Å². The van der Waals surface area contributed by atoms with Gasteiger partial charge in [-0.25, -0.2) is 0 Å². The number of thioether (sulfide) groups is 1. The standard InChI is InChI=1S/C9H5Cl2N5O3S2/c10-4-1-3(6(11)14-13-4)7(19)12-8-15-16-9(21-8)20-2-5(17)18/h1H,2H2,(H,17,18)(H,12,15,19). The lowest BCUT2D eigenvalue weighted by atomic mass is 10.3. The number of nitrogens with zero attached hydrogens (tertiary/aromatic N) is 4. The molecule has 0 bridgehead atoms. The summed E-state index contributed by atoms with van der Waals surface area (Å²) in [6.07, 6.45) is 0. The van der Waals surface area contributed by atoms with E-state index in [1.807, 2.05) is 0 Å². The molecule has 8 nitrogen and oxygen atoms in total. The Morgan fingerprint density at radius 2 is 2.05 bits per heavy atom. The number of hydrogen-bond acceptors (Lipinski definition) is 8. The molecule has 2 heterocycles. The van der Waals surface area contributed by atoms with Crippen molar-refractivity contribution in [3.05, 3.63) is 21.9 Å². The summed E-state index contributed by atoms with van der Waals surface area (Å²) in [4.78, 5) is 22.4. The molecule has 2 aromatic heterocycles. The van der Waals surface area contributed by atoms with Gasteiger partial charge in [0.2, 0.25) is 5.13 Å². The maximum absolute atomic E-state index is 12.0. The molecule has 2 rings (SSSR count). The van der Waals surface area contributed by atoms with Gasteiger partial charge < -0.3 is 5.11 Å². The molecule has 0 aliphatic carbocycles. The Kier molecular flexibility index (Phi) is 5.28. The third-order valence-electron chi connectivity index (χ3n) is 1.91. The van der Waals surface area contributed by atoms with E-state index >= 15 is 0 Å². The van der Waals surface area contributed by atoms with Crippen molar-refractivity contribution in [1.29, 1.82) is 0 Å². The van der Waals surface area contributed by atoms with Gasteiger partial charge in [0.05, 0.1) is 11.3 Å². The van der Waals surface area contributed by atoms with Gasteiger partial charge in [-0.3, -0.25) is 14.9 Å². The summed E-state index contributed by atoms with van der Waals surface area (Å²) in [5.74, 6) is -1.68. The molecule has 0 saturated heterocycles. The number of hydrogen-bond donors (Lipinski definition) is 2. The van der Waals surface area contributed by atoms with Crippen LogP contribution in [-0.4, -0.2) is 43.1 Å². The van der Waals surface area contributed by atoms with Crippen LogP contribution in [-0.2, 0) is 4.79 Å². The minimum Gasteiger partial charge on any atom is -0.481 e. The number of carboxylic acid groups (broad SMARTS) is 1. The Morgan fingerprint density at radius 1 is 1.29 bits per heavy atom. The van der Waals surface area contributed by atoms with E-state index in [9.17, 15) is 9.59 Å². The number of aromatic nitrogens is 4. The Bertz CT molecular complexity index is 696. The Labute approximate surface area is 135 Å². The molecule has 0 spiro atoms. The number of rotatable bonds is 5. The molecule has 110 valence electrons. The molecule has 2 aromatic rings. The first kappa shape index (κ1) is 15.9. The van der Waals surface area contributed by atoms with Crippen molar-refractivity contribution in [2.75, 3.05) is 11.1 Å². The Balaban J connectivity index is 2.06. The number of halogens is 2. The molecule has 12 heteroatoms. The number of carboxylic acids is 1. The third-order valence-corrected chi connectivity index (χ3v) is 4.33. The van der Waals surface area contributed by atoms with Crippen molar-refractivity contribution in [1.82, 2.24) is 20.4 Å². The first-order chi connectivity index (χ1) is 9.95. The highest BCUT2D eigenvalue weighted by Gasteiger charge is 2.16. The van der Waals surface area contributed by atoms with Crippen molar-refractivity contribution < 1.29 is 14.7 Å². The molecule has 0 radical (unpaired) electrons. The zero-order valence-electron chi connectivity index (χ0n) is 9.91. The van der Waals surface area contributed by atoms with Crippen LogP contribution in [0.5, 0.6) is 0 Å². The smallest absolute Gasteiger partial charge is 0.313 e. The summed E-state index contributed by atoms with van der Waals surface area (Å²) in [7, 11) is 0. The second-order valence-corrected chi connectivity index (χ2v) is 6.33. The van der Waals surface area contributed by atoms with Gasteiger partial charge in [0.15, 0.2) is 14.6 Å². The van der Waals surface area contributed by atoms with E-state index in [-0.39, 0.29) is 26.8 Å². The van der Waals surface area contributed by atoms with Crippen LogP contribution >= 0.6 is 46.3 Å². The molecule has 21 heavy (non-hydrogen) atoms. The van der Waals surface area contributed by atoms with Crippen molar-refractivity contribution in [2.24, 2.45) is 0 Å². The lowest BCUT2D eigenvalue weighted by Gasteiger charge is -2.02. The lowest BCUT2D eigenvalue weighted by molar-refractivity contribution is -0.133. The summed E-state index contributed by atoms with van der Waals surface area (Å²) in [5.41, 5.74) is 0.0478. The molecule has 0 aliphatic heterocycles. The third kappa shape index (κ3) is 4.49. The van der Waals surface area contributed by atoms with Crippen LogP contribution in [0, 0.1) is 0 Å². The monoisotopic (exact) mass is 365 g/mol. The number of carbonyl (C=O) groups excluding carboxylic acids is 1. The van der Waals surface area contributed by atoms with Gasteiger partial charge in [0, 0.05) is 0 Å². The summed E-state index contributed by atoms with van der Waals surface area (Å²) in [6, 6.07) is 1.27. The molecule has 0 atom stereocenters. The second-order valence-electron chi connectivity index (χ2n) is 3.38. The molecular formula is C9H5Cl2N5O3S2. The molecule has 0 fully saturated rings. The second kappa shape index (κ2) is 6.98. The van der Waals surface area contributed by atoms with Crippen molar-refractivity contribution >= 4 is 63.3 Å². The highest BCUT2D eigenvalue weighted by Crippen LogP contribution is 2.26. The van der Waals surface area contributed by atoms with E-state index in [1.54, 1.807) is 0 Å². The summed E-state index contributed by atoms with van der Waals surface area (Å²) < 4.78 is 0.421. The van der Waals surface area contributed by atoms with Crippen molar-refractivity contribution in [3.8, 4) is 0 Å². The van der Waals surface area contributed by atoms with Gasteiger partial charge in [0.25, 0.3) is 5.91 Å². The minimum absolute atomic E-state index is 0.0273. The van der Waals surface area contributed by atoms with E-state index in [0.717, 1.165) is 23.1 Å². The van der Waals surface area contributed by atoms with Crippen LogP contribution in [0.3, 0.4) is 0 Å². The van der Waals surface area contributed by atoms with Crippen LogP contribution in [0.25, 0.3) is 0 Å². The largest absolute Gasteiger partial charge is 0.481 e. The van der Waals surface area contributed by atoms with Gasteiger partial charge in [-0.2, -0.15) is 0 Å². The Morgan fingerprint density at radius 3 is 2.76 bits per heavy atom.